The molecule has 0 amide bonds. The van der Waals surface area contributed by atoms with Crippen LogP contribution in [0.25, 0.3) is 5.65 Å². The Kier molecular flexibility index (Phi) is 3.86. The van der Waals surface area contributed by atoms with E-state index in [-0.39, 0.29) is 13.1 Å². The highest BCUT2D eigenvalue weighted by molar-refractivity contribution is 9.10. The van der Waals surface area contributed by atoms with Crippen molar-refractivity contribution in [1.29, 1.82) is 0 Å². The van der Waals surface area contributed by atoms with Gasteiger partial charge in [-0.3, -0.25) is 0 Å². The van der Waals surface area contributed by atoms with E-state index in [9.17, 15) is 8.78 Å². The molecule has 0 radical (unpaired) electrons. The van der Waals surface area contributed by atoms with Crippen LogP contribution in [0.5, 0.6) is 0 Å². The lowest BCUT2D eigenvalue weighted by atomic mass is 10.1. The Morgan fingerprint density at radius 1 is 1.22 bits per heavy atom. The minimum atomic E-state index is -2.60. The molecule has 1 aliphatic heterocycles. The third-order valence-electron chi connectivity index (χ3n) is 5.04. The molecular formula is C19H18BrF2N5. The van der Waals surface area contributed by atoms with E-state index >= 15 is 0 Å². The molecule has 140 valence electrons. The first-order valence-corrected chi connectivity index (χ1v) is 9.76. The second kappa shape index (κ2) is 6.15. The molecule has 2 fully saturated rings. The van der Waals surface area contributed by atoms with Crippen molar-refractivity contribution in [2.75, 3.05) is 23.3 Å². The minimum Gasteiger partial charge on any atom is -0.379 e. The molecule has 8 heteroatoms. The van der Waals surface area contributed by atoms with Crippen LogP contribution in [0.1, 0.15) is 30.0 Å². The molecule has 1 saturated carbocycles. The van der Waals surface area contributed by atoms with Gasteiger partial charge >= 0.3 is 0 Å². The van der Waals surface area contributed by atoms with Gasteiger partial charge in [0, 0.05) is 24.3 Å². The van der Waals surface area contributed by atoms with Gasteiger partial charge in [-0.25, -0.2) is 18.7 Å². The van der Waals surface area contributed by atoms with E-state index in [0.717, 1.165) is 27.3 Å². The number of imidazole rings is 1. The molecule has 5 nitrogen and oxygen atoms in total. The van der Waals surface area contributed by atoms with Crippen molar-refractivity contribution in [2.24, 2.45) is 0 Å². The molecule has 4 heterocycles. The average Bonchev–Trinajstić information content (AvgIpc) is 3.37. The summed E-state index contributed by atoms with van der Waals surface area (Å²) in [6.07, 6.45) is 8.13. The molecule has 1 saturated heterocycles. The summed E-state index contributed by atoms with van der Waals surface area (Å²) in [7, 11) is 0. The maximum Gasteiger partial charge on any atom is 0.282 e. The number of nitrogens with one attached hydrogen (secondary N) is 1. The van der Waals surface area contributed by atoms with Crippen LogP contribution in [0.15, 0.2) is 41.4 Å². The minimum absolute atomic E-state index is 0.234. The zero-order valence-electron chi connectivity index (χ0n) is 14.5. The van der Waals surface area contributed by atoms with Crippen LogP contribution in [0.3, 0.4) is 0 Å². The van der Waals surface area contributed by atoms with Gasteiger partial charge < -0.3 is 14.6 Å². The van der Waals surface area contributed by atoms with Crippen LogP contribution in [0, 0.1) is 0 Å². The van der Waals surface area contributed by atoms with Crippen molar-refractivity contribution in [2.45, 2.75) is 31.2 Å². The summed E-state index contributed by atoms with van der Waals surface area (Å²) in [5.74, 6) is -2.05. The average molecular weight is 434 g/mol. The molecule has 0 aromatic carbocycles. The standard InChI is InChI=1S/C19H18BrF2N5/c20-17-6-14(3-4-23-17)24-7-15-9-26-8-13(12-1-2-12)5-16(18(26)25-15)27-10-19(21,22)11-27/h3-6,8-9,12H,1-2,7,10-11H2,(H,23,24). The molecule has 27 heavy (non-hydrogen) atoms. The zero-order valence-corrected chi connectivity index (χ0v) is 16.1. The Morgan fingerprint density at radius 3 is 2.74 bits per heavy atom. The lowest BCUT2D eigenvalue weighted by molar-refractivity contribution is -0.0261. The Hall–Kier alpha value is -2.22. The molecule has 2 aliphatic rings. The van der Waals surface area contributed by atoms with Crippen LogP contribution in [-0.2, 0) is 6.54 Å². The largest absolute Gasteiger partial charge is 0.379 e. The van der Waals surface area contributed by atoms with E-state index in [0.29, 0.717) is 12.5 Å². The van der Waals surface area contributed by atoms with Crippen molar-refractivity contribution < 1.29 is 8.78 Å². The Balaban J connectivity index is 1.45. The zero-order chi connectivity index (χ0) is 18.6. The highest BCUT2D eigenvalue weighted by Crippen LogP contribution is 2.43. The number of rotatable bonds is 5. The monoisotopic (exact) mass is 433 g/mol. The highest BCUT2D eigenvalue weighted by Gasteiger charge is 2.45. The number of pyridine rings is 2. The first kappa shape index (κ1) is 16.9. The van der Waals surface area contributed by atoms with Crippen LogP contribution in [-0.4, -0.2) is 33.4 Å². The van der Waals surface area contributed by atoms with Gasteiger partial charge in [-0.15, -0.1) is 0 Å². The smallest absolute Gasteiger partial charge is 0.282 e. The van der Waals surface area contributed by atoms with E-state index in [4.69, 9.17) is 4.98 Å². The third kappa shape index (κ3) is 3.38. The van der Waals surface area contributed by atoms with E-state index in [1.54, 1.807) is 11.1 Å². The van der Waals surface area contributed by atoms with Crippen LogP contribution >= 0.6 is 15.9 Å². The molecule has 1 N–H and O–H groups in total. The van der Waals surface area contributed by atoms with Gasteiger partial charge in [0.2, 0.25) is 0 Å². The summed E-state index contributed by atoms with van der Waals surface area (Å²) < 4.78 is 29.6. The van der Waals surface area contributed by atoms with Crippen molar-refractivity contribution in [3.8, 4) is 0 Å². The molecule has 0 bridgehead atoms. The summed E-state index contributed by atoms with van der Waals surface area (Å²) >= 11 is 3.36. The first-order chi connectivity index (χ1) is 13.0. The number of hydrogen-bond acceptors (Lipinski definition) is 4. The number of alkyl halides is 2. The van der Waals surface area contributed by atoms with Gasteiger partial charge in [0.05, 0.1) is 31.0 Å². The molecule has 0 atom stereocenters. The fourth-order valence-electron chi connectivity index (χ4n) is 3.50. The summed E-state index contributed by atoms with van der Waals surface area (Å²) in [5, 5.41) is 3.32. The van der Waals surface area contributed by atoms with Crippen molar-refractivity contribution in [3.05, 3.63) is 52.7 Å². The molecule has 3 aromatic heterocycles. The molecule has 0 spiro atoms. The summed E-state index contributed by atoms with van der Waals surface area (Å²) in [6, 6.07) is 5.83. The second-order valence-corrected chi connectivity index (χ2v) is 8.14. The highest BCUT2D eigenvalue weighted by atomic mass is 79.9. The predicted molar refractivity (Wildman–Crippen MR) is 104 cm³/mol. The maximum atomic E-state index is 13.4. The van der Waals surface area contributed by atoms with Crippen molar-refractivity contribution >= 4 is 33.0 Å². The quantitative estimate of drug-likeness (QED) is 0.604. The van der Waals surface area contributed by atoms with E-state index < -0.39 is 5.92 Å². The number of fused-ring (bicyclic) bond motifs is 1. The van der Waals surface area contributed by atoms with Gasteiger partial charge in [0.1, 0.15) is 4.60 Å². The van der Waals surface area contributed by atoms with Crippen molar-refractivity contribution in [3.63, 3.8) is 0 Å². The van der Waals surface area contributed by atoms with Gasteiger partial charge in [0.15, 0.2) is 5.65 Å². The fourth-order valence-corrected chi connectivity index (χ4v) is 3.86. The second-order valence-electron chi connectivity index (χ2n) is 7.33. The molecule has 0 unspecified atom stereocenters. The number of nitrogens with zero attached hydrogens (tertiary/aromatic N) is 4. The van der Waals surface area contributed by atoms with E-state index in [1.807, 2.05) is 28.8 Å². The molecule has 5 rings (SSSR count). The summed E-state index contributed by atoms with van der Waals surface area (Å²) in [4.78, 5) is 10.5. The molecule has 3 aromatic rings. The lowest BCUT2D eigenvalue weighted by Crippen LogP contribution is -2.56. The Labute approximate surface area is 163 Å². The normalized spacial score (nSPS) is 18.6. The number of anilines is 2. The predicted octanol–water partition coefficient (Wildman–Crippen LogP) is 4.44. The number of halogens is 3. The first-order valence-electron chi connectivity index (χ1n) is 8.97. The SMILES string of the molecule is FC1(F)CN(c2cc(C3CC3)cn3cc(CNc4ccnc(Br)c4)nc23)C1. The topological polar surface area (TPSA) is 45.5 Å². The number of hydrogen-bond donors (Lipinski definition) is 1. The van der Waals surface area contributed by atoms with Gasteiger partial charge in [-0.1, -0.05) is 0 Å². The Morgan fingerprint density at radius 2 is 2.04 bits per heavy atom. The molecular weight excluding hydrogens is 416 g/mol. The van der Waals surface area contributed by atoms with Gasteiger partial charge in [-0.05, 0) is 58.5 Å². The summed E-state index contributed by atoms with van der Waals surface area (Å²) in [5.41, 5.74) is 4.56. The van der Waals surface area contributed by atoms with Crippen LogP contribution in [0.2, 0.25) is 0 Å². The number of aromatic nitrogens is 3. The maximum absolute atomic E-state index is 13.4. The van der Waals surface area contributed by atoms with E-state index in [1.165, 1.54) is 18.4 Å². The van der Waals surface area contributed by atoms with Crippen LogP contribution < -0.4 is 10.2 Å². The summed E-state index contributed by atoms with van der Waals surface area (Å²) in [6.45, 7) is 0.0804. The molecule has 1 aliphatic carbocycles. The van der Waals surface area contributed by atoms with Gasteiger partial charge in [-0.2, -0.15) is 0 Å². The third-order valence-corrected chi connectivity index (χ3v) is 5.47. The van der Waals surface area contributed by atoms with Crippen LogP contribution in [0.4, 0.5) is 20.2 Å². The van der Waals surface area contributed by atoms with Gasteiger partial charge in [0.25, 0.3) is 5.92 Å². The van der Waals surface area contributed by atoms with Crippen molar-refractivity contribution in [1.82, 2.24) is 14.4 Å². The van der Waals surface area contributed by atoms with E-state index in [2.05, 4.69) is 32.4 Å². The lowest BCUT2D eigenvalue weighted by Gasteiger charge is -2.40. The Bertz CT molecular complexity index is 1010. The fraction of sp³-hybridized carbons (Fsp3) is 0.368.